The van der Waals surface area contributed by atoms with Crippen LogP contribution < -0.4 is 5.32 Å². The number of nitrogens with one attached hydrogen (secondary N) is 1. The van der Waals surface area contributed by atoms with Crippen molar-refractivity contribution in [2.24, 2.45) is 56.2 Å². The second-order valence-electron chi connectivity index (χ2n) is 20.2. The first-order valence-electron chi connectivity index (χ1n) is 20.3. The minimum atomic E-state index is -1.18. The normalized spacial score (nSPS) is 37.6. The predicted molar refractivity (Wildman–Crippen MR) is 202 cm³/mol. The van der Waals surface area contributed by atoms with E-state index in [0.717, 1.165) is 56.9 Å². The lowest BCUT2D eigenvalue weighted by atomic mass is 9.33. The SMILES string of the molecule is CNCC(=O)N(C[C@H](O)[C@@]12CC[C@]3(C)[C@H](CC[C@@H]4[C@@]5(C)CC[C@H](OC(=O)CC(C)(C)C(=O)O)C(C)(C)[C@@H]5CC[C@]43C)C1=C(C(C)C)C(=O)C2)C(C)C. The molecule has 0 aliphatic heterocycles. The summed E-state index contributed by atoms with van der Waals surface area (Å²) in [6.45, 7) is 23.8. The molecular formula is C43H70N2O7. The standard InChI is InChI=1S/C43H70N2O7/c1-25(2)35-28(46)21-43(31(47)24-45(26(3)4)33(48)23-44-12)20-19-41(10)27(36(35)43)13-14-30-40(9)17-16-32(52-34(49)22-38(5,6)37(50)51)39(7,8)29(40)15-18-42(30,41)11/h25-27,29-32,44,47H,13-24H2,1-12H3,(H,50,51)/t27-,29+,30-,31+,32+,40+,41-,42-,43+/m1/s1. The number of carbonyl (C=O) groups excluding carboxylic acids is 3. The number of amides is 1. The van der Waals surface area contributed by atoms with E-state index >= 15 is 0 Å². The average Bonchev–Trinajstić information content (AvgIpc) is 3.34. The van der Waals surface area contributed by atoms with Crippen molar-refractivity contribution in [3.8, 4) is 0 Å². The average molecular weight is 727 g/mol. The number of ketones is 1. The van der Waals surface area contributed by atoms with Crippen molar-refractivity contribution in [2.75, 3.05) is 20.1 Å². The van der Waals surface area contributed by atoms with E-state index in [1.165, 1.54) is 5.57 Å². The Kier molecular flexibility index (Phi) is 10.9. The van der Waals surface area contributed by atoms with Crippen molar-refractivity contribution in [3.63, 3.8) is 0 Å². The fourth-order valence-corrected chi connectivity index (χ4v) is 13.1. The topological polar surface area (TPSA) is 133 Å². The minimum Gasteiger partial charge on any atom is -0.481 e. The number of nitrogens with zero attached hydrogens (tertiary/aromatic N) is 1. The maximum atomic E-state index is 14.1. The Morgan fingerprint density at radius 1 is 0.923 bits per heavy atom. The van der Waals surface area contributed by atoms with Gasteiger partial charge in [0.1, 0.15) is 6.10 Å². The summed E-state index contributed by atoms with van der Waals surface area (Å²) in [6, 6.07) is -0.0698. The maximum absolute atomic E-state index is 14.1. The van der Waals surface area contributed by atoms with Crippen LogP contribution in [0, 0.1) is 56.2 Å². The molecule has 9 nitrogen and oxygen atoms in total. The van der Waals surface area contributed by atoms with E-state index in [-0.39, 0.29) is 76.8 Å². The second kappa shape index (κ2) is 13.8. The van der Waals surface area contributed by atoms with Crippen LogP contribution in [-0.2, 0) is 23.9 Å². The molecule has 5 rings (SSSR count). The van der Waals surface area contributed by atoms with Gasteiger partial charge in [-0.1, -0.05) is 54.0 Å². The first kappa shape index (κ1) is 40.9. The molecule has 0 radical (unpaired) electrons. The molecule has 9 heteroatoms. The Bertz CT molecular complexity index is 1480. The third-order valence-corrected chi connectivity index (χ3v) is 16.1. The van der Waals surface area contributed by atoms with Gasteiger partial charge in [0, 0.05) is 29.8 Å². The Balaban J connectivity index is 1.46. The number of carbonyl (C=O) groups is 4. The number of likely N-dealkylation sites (N-methyl/N-ethyl adjacent to an activating group) is 1. The number of carboxylic acid groups (broad SMARTS) is 1. The largest absolute Gasteiger partial charge is 0.481 e. The van der Waals surface area contributed by atoms with Crippen molar-refractivity contribution in [1.82, 2.24) is 10.2 Å². The highest BCUT2D eigenvalue weighted by molar-refractivity contribution is 6.00. The van der Waals surface area contributed by atoms with Crippen LogP contribution in [0.15, 0.2) is 11.1 Å². The molecule has 0 spiro atoms. The monoisotopic (exact) mass is 727 g/mol. The molecule has 5 aliphatic carbocycles. The molecule has 0 aromatic rings. The van der Waals surface area contributed by atoms with Gasteiger partial charge < -0.3 is 25.2 Å². The number of ether oxygens (including phenoxy) is 1. The second-order valence-corrected chi connectivity index (χ2v) is 20.2. The summed E-state index contributed by atoms with van der Waals surface area (Å²) in [5.41, 5.74) is 0.0323. The molecule has 52 heavy (non-hydrogen) atoms. The van der Waals surface area contributed by atoms with E-state index < -0.39 is 28.9 Å². The van der Waals surface area contributed by atoms with E-state index in [9.17, 15) is 29.4 Å². The summed E-state index contributed by atoms with van der Waals surface area (Å²) in [6.07, 6.45) is 6.57. The van der Waals surface area contributed by atoms with E-state index in [0.29, 0.717) is 18.3 Å². The van der Waals surface area contributed by atoms with Gasteiger partial charge in [-0.25, -0.2) is 0 Å². The van der Waals surface area contributed by atoms with Crippen LogP contribution in [0.5, 0.6) is 0 Å². The summed E-state index contributed by atoms with van der Waals surface area (Å²) < 4.78 is 6.16. The molecule has 0 bridgehead atoms. The number of aliphatic hydroxyl groups is 1. The van der Waals surface area contributed by atoms with Crippen LogP contribution in [0.4, 0.5) is 0 Å². The highest BCUT2D eigenvalue weighted by Gasteiger charge is 2.71. The van der Waals surface area contributed by atoms with Crippen LogP contribution in [0.2, 0.25) is 0 Å². The number of hydrogen-bond donors (Lipinski definition) is 3. The summed E-state index contributed by atoms with van der Waals surface area (Å²) in [5.74, 6) is -0.251. The fraction of sp³-hybridized carbons (Fsp3) is 0.860. The zero-order valence-electron chi connectivity index (χ0n) is 34.4. The van der Waals surface area contributed by atoms with E-state index in [2.05, 4.69) is 53.8 Å². The van der Waals surface area contributed by atoms with Crippen LogP contribution in [-0.4, -0.2) is 77.1 Å². The number of hydrogen-bond acceptors (Lipinski definition) is 7. The summed E-state index contributed by atoms with van der Waals surface area (Å²) in [4.78, 5) is 53.9. The third-order valence-electron chi connectivity index (χ3n) is 16.1. The van der Waals surface area contributed by atoms with Gasteiger partial charge in [0.2, 0.25) is 5.91 Å². The van der Waals surface area contributed by atoms with Gasteiger partial charge in [0.15, 0.2) is 5.78 Å². The number of Topliss-reactive ketones (excluding diaryl/α,β-unsaturated/α-hetero) is 1. The number of esters is 1. The highest BCUT2D eigenvalue weighted by Crippen LogP contribution is 2.77. The lowest BCUT2D eigenvalue weighted by molar-refractivity contribution is -0.235. The lowest BCUT2D eigenvalue weighted by Gasteiger charge is -2.72. The smallest absolute Gasteiger partial charge is 0.309 e. The van der Waals surface area contributed by atoms with Gasteiger partial charge in [-0.15, -0.1) is 0 Å². The van der Waals surface area contributed by atoms with Crippen molar-refractivity contribution >= 4 is 23.6 Å². The molecule has 5 aliphatic rings. The highest BCUT2D eigenvalue weighted by atomic mass is 16.5. The van der Waals surface area contributed by atoms with Gasteiger partial charge in [-0.2, -0.15) is 0 Å². The molecule has 0 heterocycles. The molecular weight excluding hydrogens is 656 g/mol. The quantitative estimate of drug-likeness (QED) is 0.191. The zero-order valence-corrected chi connectivity index (χ0v) is 34.4. The number of rotatable bonds is 11. The van der Waals surface area contributed by atoms with Gasteiger partial charge >= 0.3 is 11.9 Å². The number of aliphatic hydroxyl groups excluding tert-OH is 1. The first-order valence-corrected chi connectivity index (χ1v) is 20.3. The Hall–Kier alpha value is -2.26. The Labute approximate surface area is 313 Å². The van der Waals surface area contributed by atoms with Crippen LogP contribution in [0.1, 0.15) is 140 Å². The molecule has 294 valence electrons. The van der Waals surface area contributed by atoms with Crippen LogP contribution in [0.3, 0.4) is 0 Å². The minimum absolute atomic E-state index is 0.0108. The van der Waals surface area contributed by atoms with Gasteiger partial charge in [0.25, 0.3) is 0 Å². The molecule has 9 atom stereocenters. The van der Waals surface area contributed by atoms with Crippen molar-refractivity contribution in [3.05, 3.63) is 11.1 Å². The van der Waals surface area contributed by atoms with Gasteiger partial charge in [-0.05, 0) is 132 Å². The van der Waals surface area contributed by atoms with E-state index in [1.807, 2.05) is 13.8 Å². The molecule has 4 fully saturated rings. The number of aliphatic carboxylic acids is 1. The van der Waals surface area contributed by atoms with E-state index in [1.54, 1.807) is 25.8 Å². The molecule has 0 unspecified atom stereocenters. The predicted octanol–water partition coefficient (Wildman–Crippen LogP) is 7.20. The summed E-state index contributed by atoms with van der Waals surface area (Å²) >= 11 is 0. The summed E-state index contributed by atoms with van der Waals surface area (Å²) in [7, 11) is 1.76. The Morgan fingerprint density at radius 2 is 1.58 bits per heavy atom. The fourth-order valence-electron chi connectivity index (χ4n) is 13.1. The molecule has 1 amide bonds. The van der Waals surface area contributed by atoms with E-state index in [4.69, 9.17) is 4.74 Å². The van der Waals surface area contributed by atoms with Crippen LogP contribution >= 0.6 is 0 Å². The zero-order chi connectivity index (χ0) is 39.0. The number of fused-ring (bicyclic) bond motifs is 7. The Morgan fingerprint density at radius 3 is 2.15 bits per heavy atom. The maximum Gasteiger partial charge on any atom is 0.309 e. The molecule has 4 saturated carbocycles. The number of carboxylic acids is 1. The van der Waals surface area contributed by atoms with Crippen molar-refractivity contribution < 1.29 is 34.1 Å². The van der Waals surface area contributed by atoms with Crippen LogP contribution in [0.25, 0.3) is 0 Å². The van der Waals surface area contributed by atoms with Crippen molar-refractivity contribution in [1.29, 1.82) is 0 Å². The van der Waals surface area contributed by atoms with Crippen molar-refractivity contribution in [2.45, 2.75) is 159 Å². The molecule has 0 aromatic heterocycles. The van der Waals surface area contributed by atoms with Gasteiger partial charge in [-0.3, -0.25) is 19.2 Å². The van der Waals surface area contributed by atoms with Gasteiger partial charge in [0.05, 0.1) is 24.5 Å². The summed E-state index contributed by atoms with van der Waals surface area (Å²) in [5, 5.41) is 24.9. The molecule has 3 N–H and O–H groups in total. The molecule has 0 saturated heterocycles. The number of allylic oxidation sites excluding steroid dienone is 1. The third kappa shape index (κ3) is 6.20. The molecule has 0 aromatic carbocycles. The first-order chi connectivity index (χ1) is 23.9. The lowest BCUT2D eigenvalue weighted by Crippen LogP contribution is -2.66.